The van der Waals surface area contributed by atoms with E-state index in [2.05, 4.69) is 17.3 Å². The molecule has 0 aromatic heterocycles. The maximum Gasteiger partial charge on any atom is 0.246 e. The van der Waals surface area contributed by atoms with Gasteiger partial charge in [-0.05, 0) is 92.2 Å². The molecule has 8 nitrogen and oxygen atoms in total. The summed E-state index contributed by atoms with van der Waals surface area (Å²) in [6.45, 7) is 5.45. The maximum absolute atomic E-state index is 14.5. The van der Waals surface area contributed by atoms with Gasteiger partial charge in [0.15, 0.2) is 11.6 Å². The predicted molar refractivity (Wildman–Crippen MR) is 195 cm³/mol. The van der Waals surface area contributed by atoms with Crippen molar-refractivity contribution in [3.8, 4) is 0 Å². The van der Waals surface area contributed by atoms with Crippen LogP contribution in [0.25, 0.3) is 10.8 Å². The van der Waals surface area contributed by atoms with Crippen LogP contribution in [0.3, 0.4) is 0 Å². The Balaban J connectivity index is 1.63. The molecule has 3 aromatic rings. The lowest BCUT2D eigenvalue weighted by molar-refractivity contribution is -0.146. The zero-order valence-corrected chi connectivity index (χ0v) is 30.1. The van der Waals surface area contributed by atoms with Gasteiger partial charge in [0.05, 0.1) is 0 Å². The third-order valence-corrected chi connectivity index (χ3v) is 10.5. The van der Waals surface area contributed by atoms with Gasteiger partial charge in [-0.15, -0.1) is 0 Å². The first-order valence-electron chi connectivity index (χ1n) is 17.7. The standard InChI is InChI=1S/C40H53F2N5O3/c1-6-40(43,7-2)21-10-15-37(48)46(4)36(27-28-16-18-30-12-8-9-13-31(30)24-28)39(50)47(5)35(26-29-17-19-33(41)34(42)25-29)38(49)44-22-20-32-14-11-23-45(32)3/h8-10,12-13,15-19,24-25,32,35-36H,6-7,11,14,20-23,26-27,43H2,1-5H3,(H,44,49)/b15-10+/t32?,35-,36-/m1/s1. The molecule has 0 saturated carbocycles. The van der Waals surface area contributed by atoms with Crippen molar-refractivity contribution >= 4 is 28.5 Å². The lowest BCUT2D eigenvalue weighted by atomic mass is 9.90. The van der Waals surface area contributed by atoms with Crippen molar-refractivity contribution < 1.29 is 23.2 Å². The minimum absolute atomic E-state index is 0.0402. The first kappa shape index (κ1) is 38.6. The molecule has 1 saturated heterocycles. The lowest BCUT2D eigenvalue weighted by Crippen LogP contribution is -2.56. The van der Waals surface area contributed by atoms with E-state index in [-0.39, 0.29) is 18.7 Å². The van der Waals surface area contributed by atoms with Gasteiger partial charge < -0.3 is 25.8 Å². The highest BCUT2D eigenvalue weighted by molar-refractivity contribution is 5.95. The molecule has 1 heterocycles. The molecule has 1 aliphatic rings. The van der Waals surface area contributed by atoms with E-state index in [0.717, 1.165) is 67.1 Å². The fourth-order valence-corrected chi connectivity index (χ4v) is 6.69. The van der Waals surface area contributed by atoms with Gasteiger partial charge in [0.25, 0.3) is 0 Å². The molecule has 10 heteroatoms. The maximum atomic E-state index is 14.5. The van der Waals surface area contributed by atoms with Crippen molar-refractivity contribution in [1.82, 2.24) is 20.0 Å². The van der Waals surface area contributed by atoms with Gasteiger partial charge >= 0.3 is 0 Å². The van der Waals surface area contributed by atoms with Gasteiger partial charge in [0.2, 0.25) is 17.7 Å². The molecule has 4 rings (SSSR count). The van der Waals surface area contributed by atoms with Crippen LogP contribution in [0.4, 0.5) is 8.78 Å². The number of carbonyl (C=O) groups excluding carboxylic acids is 3. The number of likely N-dealkylation sites (N-methyl/N-ethyl adjacent to an activating group) is 2. The molecule has 50 heavy (non-hydrogen) atoms. The second-order valence-corrected chi connectivity index (χ2v) is 13.8. The normalized spacial score (nSPS) is 16.4. The van der Waals surface area contributed by atoms with Crippen LogP contribution in [0.2, 0.25) is 0 Å². The van der Waals surface area contributed by atoms with E-state index >= 15 is 0 Å². The van der Waals surface area contributed by atoms with E-state index in [9.17, 15) is 23.2 Å². The first-order valence-corrected chi connectivity index (χ1v) is 17.7. The number of nitrogens with zero attached hydrogens (tertiary/aromatic N) is 3. The summed E-state index contributed by atoms with van der Waals surface area (Å²) in [7, 11) is 5.19. The van der Waals surface area contributed by atoms with Gasteiger partial charge in [-0.2, -0.15) is 0 Å². The zero-order valence-electron chi connectivity index (χ0n) is 30.1. The number of fused-ring (bicyclic) bond motifs is 1. The number of benzene rings is 3. The highest BCUT2D eigenvalue weighted by Crippen LogP contribution is 2.22. The van der Waals surface area contributed by atoms with Crippen LogP contribution < -0.4 is 11.1 Å². The molecule has 0 aliphatic carbocycles. The highest BCUT2D eigenvalue weighted by Gasteiger charge is 2.35. The summed E-state index contributed by atoms with van der Waals surface area (Å²) < 4.78 is 28.1. The summed E-state index contributed by atoms with van der Waals surface area (Å²) in [4.78, 5) is 47.0. The Bertz CT molecular complexity index is 1660. The van der Waals surface area contributed by atoms with Gasteiger partial charge in [0.1, 0.15) is 12.1 Å². The quantitative estimate of drug-likeness (QED) is 0.190. The number of likely N-dealkylation sites (tertiary alicyclic amines) is 1. The summed E-state index contributed by atoms with van der Waals surface area (Å²) in [6.07, 6.45) is 8.31. The van der Waals surface area contributed by atoms with Crippen LogP contribution in [0.1, 0.15) is 63.5 Å². The van der Waals surface area contributed by atoms with Crippen LogP contribution in [-0.4, -0.2) is 90.3 Å². The monoisotopic (exact) mass is 689 g/mol. The van der Waals surface area contributed by atoms with Crippen LogP contribution in [-0.2, 0) is 27.2 Å². The lowest BCUT2D eigenvalue weighted by Gasteiger charge is -2.34. The van der Waals surface area contributed by atoms with E-state index in [1.807, 2.05) is 56.3 Å². The Morgan fingerprint density at radius 3 is 2.26 bits per heavy atom. The van der Waals surface area contributed by atoms with Crippen molar-refractivity contribution in [3.05, 3.63) is 95.6 Å². The minimum Gasteiger partial charge on any atom is -0.354 e. The highest BCUT2D eigenvalue weighted by atomic mass is 19.2. The van der Waals surface area contributed by atoms with E-state index < -0.39 is 41.1 Å². The fraction of sp³-hybridized carbons (Fsp3) is 0.475. The molecule has 3 atom stereocenters. The molecule has 0 radical (unpaired) electrons. The Hall–Kier alpha value is -4.15. The SMILES string of the molecule is CCC(N)(CC)C/C=C/C(=O)N(C)[C@H](Cc1ccc2ccccc2c1)C(=O)N(C)[C@H](Cc1ccc(F)c(F)c1)C(=O)NCCC1CCCN1C. The average molecular weight is 690 g/mol. The molecule has 3 amide bonds. The van der Waals surface area contributed by atoms with Gasteiger partial charge in [-0.25, -0.2) is 8.78 Å². The Kier molecular flexibility index (Phi) is 13.7. The molecule has 0 spiro atoms. The molecule has 1 unspecified atom stereocenters. The van der Waals surface area contributed by atoms with E-state index in [1.165, 1.54) is 29.0 Å². The van der Waals surface area contributed by atoms with Crippen molar-refractivity contribution in [1.29, 1.82) is 0 Å². The van der Waals surface area contributed by atoms with Crippen LogP contribution in [0, 0.1) is 11.6 Å². The van der Waals surface area contributed by atoms with E-state index in [4.69, 9.17) is 5.73 Å². The van der Waals surface area contributed by atoms with Crippen molar-refractivity contribution in [3.63, 3.8) is 0 Å². The third-order valence-electron chi connectivity index (χ3n) is 10.5. The van der Waals surface area contributed by atoms with Crippen LogP contribution in [0.15, 0.2) is 72.8 Å². The topological polar surface area (TPSA) is 99.0 Å². The first-order chi connectivity index (χ1) is 23.9. The minimum atomic E-state index is -1.04. The second-order valence-electron chi connectivity index (χ2n) is 13.8. The van der Waals surface area contributed by atoms with Crippen LogP contribution >= 0.6 is 0 Å². The molecular weight excluding hydrogens is 636 g/mol. The van der Waals surface area contributed by atoms with E-state index in [1.54, 1.807) is 13.1 Å². The average Bonchev–Trinajstić information content (AvgIpc) is 3.53. The third kappa shape index (κ3) is 9.97. The predicted octanol–water partition coefficient (Wildman–Crippen LogP) is 5.62. The molecular formula is C40H53F2N5O3. The van der Waals surface area contributed by atoms with Gasteiger partial charge in [0, 0.05) is 45.1 Å². The smallest absolute Gasteiger partial charge is 0.246 e. The Morgan fingerprint density at radius 1 is 0.940 bits per heavy atom. The zero-order chi connectivity index (χ0) is 36.4. The fourth-order valence-electron chi connectivity index (χ4n) is 6.69. The van der Waals surface area contributed by atoms with Crippen molar-refractivity contribution in [2.24, 2.45) is 5.73 Å². The summed E-state index contributed by atoms with van der Waals surface area (Å²) >= 11 is 0. The number of hydrogen-bond donors (Lipinski definition) is 2. The number of rotatable bonds is 16. The summed E-state index contributed by atoms with van der Waals surface area (Å²) in [5.41, 5.74) is 7.24. The number of nitrogens with one attached hydrogen (secondary N) is 1. The number of carbonyl (C=O) groups is 3. The largest absolute Gasteiger partial charge is 0.354 e. The van der Waals surface area contributed by atoms with Gasteiger partial charge in [-0.3, -0.25) is 14.4 Å². The second kappa shape index (κ2) is 17.7. The Morgan fingerprint density at radius 2 is 1.60 bits per heavy atom. The van der Waals surface area contributed by atoms with Gasteiger partial charge in [-0.1, -0.05) is 68.5 Å². The molecule has 3 aromatic carbocycles. The van der Waals surface area contributed by atoms with Crippen molar-refractivity contribution in [2.75, 3.05) is 34.2 Å². The molecule has 1 fully saturated rings. The number of amides is 3. The number of hydrogen-bond acceptors (Lipinski definition) is 5. The van der Waals surface area contributed by atoms with Crippen LogP contribution in [0.5, 0.6) is 0 Å². The molecule has 1 aliphatic heterocycles. The number of nitrogens with two attached hydrogens (primary N) is 1. The number of halogens is 2. The summed E-state index contributed by atoms with van der Waals surface area (Å²) in [5.74, 6) is -3.24. The molecule has 3 N–H and O–H groups in total. The molecule has 0 bridgehead atoms. The van der Waals surface area contributed by atoms with E-state index in [0.29, 0.717) is 24.6 Å². The molecule has 270 valence electrons. The van der Waals surface area contributed by atoms with Crippen molar-refractivity contribution in [2.45, 2.75) is 88.9 Å². The summed E-state index contributed by atoms with van der Waals surface area (Å²) in [5, 5.41) is 5.04. The Labute approximate surface area is 295 Å². The summed E-state index contributed by atoms with van der Waals surface area (Å²) in [6, 6.07) is 15.7.